The molecule has 0 unspecified atom stereocenters. The number of methoxy groups -OCH3 is 1. The molecule has 5 heteroatoms. The van der Waals surface area contributed by atoms with Gasteiger partial charge in [0.25, 0.3) is 0 Å². The lowest BCUT2D eigenvalue weighted by Gasteiger charge is -2.38. The van der Waals surface area contributed by atoms with Crippen LogP contribution in [0.2, 0.25) is 43.3 Å². The minimum Gasteiger partial charge on any atom is -0.466 e. The molecule has 1 aliphatic rings. The van der Waals surface area contributed by atoms with Gasteiger partial charge >= 0.3 is 5.97 Å². The van der Waals surface area contributed by atoms with E-state index in [0.717, 1.165) is 6.61 Å². The van der Waals surface area contributed by atoms with Crippen molar-refractivity contribution in [3.8, 4) is 0 Å². The van der Waals surface area contributed by atoms with E-state index in [1.54, 1.807) is 6.08 Å². The lowest BCUT2D eigenvalue weighted by atomic mass is 9.95. The highest BCUT2D eigenvalue weighted by molar-refractivity contribution is 6.78. The van der Waals surface area contributed by atoms with Crippen LogP contribution in [0.1, 0.15) is 20.8 Å². The van der Waals surface area contributed by atoms with Gasteiger partial charge in [0, 0.05) is 18.6 Å². The topological polar surface area (TPSA) is 35.5 Å². The van der Waals surface area contributed by atoms with Gasteiger partial charge in [0.2, 0.25) is 0 Å². The first-order valence-electron chi connectivity index (χ1n) is 8.88. The van der Waals surface area contributed by atoms with Crippen LogP contribution in [-0.4, -0.2) is 36.1 Å². The number of allylic oxidation sites excluding steroid dienone is 2. The van der Waals surface area contributed by atoms with E-state index in [-0.39, 0.29) is 11.0 Å². The van der Waals surface area contributed by atoms with Gasteiger partial charge in [-0.15, -0.1) is 0 Å². The lowest BCUT2D eigenvalue weighted by molar-refractivity contribution is -0.134. The highest BCUT2D eigenvalue weighted by Gasteiger charge is 2.41. The maximum absolute atomic E-state index is 11.5. The molecule has 0 spiro atoms. The molecule has 138 valence electrons. The van der Waals surface area contributed by atoms with Crippen molar-refractivity contribution in [2.45, 2.75) is 64.1 Å². The summed E-state index contributed by atoms with van der Waals surface area (Å²) in [7, 11) is -1.69. The molecular weight excluding hydrogens is 332 g/mol. The molecular formula is C19H36O3Si2. The summed E-state index contributed by atoms with van der Waals surface area (Å²) in [6, 6.07) is 0. The zero-order valence-electron chi connectivity index (χ0n) is 17.0. The van der Waals surface area contributed by atoms with Crippen LogP contribution in [0.15, 0.2) is 24.3 Å². The number of rotatable bonds is 6. The standard InChI is InChI=1S/C19H36O3Si2/c1-19(2,3)24(8,9)22-14-15-10-12-17(23(5,6)7)16(15)11-13-18(20)21-4/h10-13,15-17H,14H2,1-9H3/b13-11-/t15-,16+,17+/m0/s1. The van der Waals surface area contributed by atoms with E-state index < -0.39 is 16.4 Å². The highest BCUT2D eigenvalue weighted by Crippen LogP contribution is 2.44. The fourth-order valence-electron chi connectivity index (χ4n) is 2.86. The van der Waals surface area contributed by atoms with Gasteiger partial charge in [-0.2, -0.15) is 0 Å². The van der Waals surface area contributed by atoms with E-state index >= 15 is 0 Å². The van der Waals surface area contributed by atoms with Crippen molar-refractivity contribution < 1.29 is 14.0 Å². The third-order valence-corrected chi connectivity index (χ3v) is 12.7. The Labute approximate surface area is 150 Å². The highest BCUT2D eigenvalue weighted by atomic mass is 28.4. The second-order valence-corrected chi connectivity index (χ2v) is 19.7. The minimum atomic E-state index is -1.76. The molecule has 1 rings (SSSR count). The fourth-order valence-corrected chi connectivity index (χ4v) is 6.10. The van der Waals surface area contributed by atoms with E-state index in [1.807, 2.05) is 0 Å². The maximum Gasteiger partial charge on any atom is 0.330 e. The third kappa shape index (κ3) is 5.43. The average molecular weight is 369 g/mol. The largest absolute Gasteiger partial charge is 0.466 e. The molecule has 0 aromatic carbocycles. The smallest absolute Gasteiger partial charge is 0.330 e. The number of hydrogen-bond acceptors (Lipinski definition) is 3. The number of carbonyl (C=O) groups excluding carboxylic acids is 1. The van der Waals surface area contributed by atoms with Crippen LogP contribution >= 0.6 is 0 Å². The summed E-state index contributed by atoms with van der Waals surface area (Å²) in [5.41, 5.74) is 0.534. The predicted molar refractivity (Wildman–Crippen MR) is 108 cm³/mol. The molecule has 3 atom stereocenters. The Morgan fingerprint density at radius 3 is 2.17 bits per heavy atom. The molecule has 24 heavy (non-hydrogen) atoms. The van der Waals surface area contributed by atoms with E-state index in [0.29, 0.717) is 17.4 Å². The SMILES string of the molecule is COC(=O)/C=C\[C@H]1[C@H]([Si](C)(C)C)C=C[C@H]1CO[Si](C)(C)C(C)(C)C. The second-order valence-electron chi connectivity index (χ2n) is 9.47. The van der Waals surface area contributed by atoms with Crippen molar-refractivity contribution in [3.63, 3.8) is 0 Å². The molecule has 0 amide bonds. The number of hydrogen-bond donors (Lipinski definition) is 0. The van der Waals surface area contributed by atoms with Gasteiger partial charge < -0.3 is 9.16 Å². The Bertz CT molecular complexity index is 496. The zero-order chi connectivity index (χ0) is 18.8. The van der Waals surface area contributed by atoms with Crippen molar-refractivity contribution in [2.75, 3.05) is 13.7 Å². The number of carbonyl (C=O) groups is 1. The summed E-state index contributed by atoms with van der Waals surface area (Å²) in [6.45, 7) is 19.3. The summed E-state index contributed by atoms with van der Waals surface area (Å²) in [4.78, 5) is 11.5. The van der Waals surface area contributed by atoms with Gasteiger partial charge in [-0.25, -0.2) is 4.79 Å². The Hall–Kier alpha value is -0.656. The Morgan fingerprint density at radius 1 is 1.12 bits per heavy atom. The van der Waals surface area contributed by atoms with E-state index in [2.05, 4.69) is 71.7 Å². The molecule has 1 aliphatic carbocycles. The minimum absolute atomic E-state index is 0.213. The Balaban J connectivity index is 2.90. The first-order chi connectivity index (χ1) is 10.8. The van der Waals surface area contributed by atoms with Gasteiger partial charge in [0.05, 0.1) is 15.2 Å². The van der Waals surface area contributed by atoms with Gasteiger partial charge in [0.1, 0.15) is 0 Å². The van der Waals surface area contributed by atoms with Gasteiger partial charge in [-0.1, -0.05) is 58.6 Å². The van der Waals surface area contributed by atoms with Gasteiger partial charge in [-0.3, -0.25) is 0 Å². The normalized spacial score (nSPS) is 25.5. The lowest BCUT2D eigenvalue weighted by Crippen LogP contribution is -2.42. The second kappa shape index (κ2) is 7.71. The predicted octanol–water partition coefficient (Wildman–Crippen LogP) is 5.25. The molecule has 0 aromatic heterocycles. The third-order valence-electron chi connectivity index (χ3n) is 5.57. The van der Waals surface area contributed by atoms with Crippen molar-refractivity contribution in [1.29, 1.82) is 0 Å². The Morgan fingerprint density at radius 2 is 1.71 bits per heavy atom. The van der Waals surface area contributed by atoms with Crippen LogP contribution in [0.5, 0.6) is 0 Å². The molecule has 3 nitrogen and oxygen atoms in total. The summed E-state index contributed by atoms with van der Waals surface area (Å²) in [5.74, 6) is 0.401. The van der Waals surface area contributed by atoms with E-state index in [4.69, 9.17) is 9.16 Å². The monoisotopic (exact) mass is 368 g/mol. The molecule has 0 saturated carbocycles. The summed E-state index contributed by atoms with van der Waals surface area (Å²) >= 11 is 0. The van der Waals surface area contributed by atoms with Crippen molar-refractivity contribution in [2.24, 2.45) is 11.8 Å². The average Bonchev–Trinajstić information content (AvgIpc) is 2.84. The molecule has 0 aromatic rings. The summed E-state index contributed by atoms with van der Waals surface area (Å²) in [6.07, 6.45) is 8.30. The number of esters is 1. The Kier molecular flexibility index (Phi) is 6.87. The molecule has 0 radical (unpaired) electrons. The van der Waals surface area contributed by atoms with Crippen molar-refractivity contribution in [1.82, 2.24) is 0 Å². The molecule has 0 bridgehead atoms. The quantitative estimate of drug-likeness (QED) is 0.278. The molecule has 0 N–H and O–H groups in total. The summed E-state index contributed by atoms with van der Waals surface area (Å²) < 4.78 is 11.2. The first kappa shape index (κ1) is 21.4. The first-order valence-corrected chi connectivity index (χ1v) is 15.4. The van der Waals surface area contributed by atoms with Crippen LogP contribution < -0.4 is 0 Å². The van der Waals surface area contributed by atoms with Crippen LogP contribution in [-0.2, 0) is 14.0 Å². The van der Waals surface area contributed by atoms with Crippen molar-refractivity contribution >= 4 is 22.4 Å². The number of ether oxygens (including phenoxy) is 1. The summed E-state index contributed by atoms with van der Waals surface area (Å²) in [5, 5.41) is 0.213. The molecule has 0 heterocycles. The molecule has 0 fully saturated rings. The van der Waals surface area contributed by atoms with Gasteiger partial charge in [0.15, 0.2) is 8.32 Å². The maximum atomic E-state index is 11.5. The van der Waals surface area contributed by atoms with Crippen LogP contribution in [0.25, 0.3) is 0 Å². The zero-order valence-corrected chi connectivity index (χ0v) is 19.0. The van der Waals surface area contributed by atoms with Crippen molar-refractivity contribution in [3.05, 3.63) is 24.3 Å². The molecule has 0 aliphatic heterocycles. The van der Waals surface area contributed by atoms with Gasteiger partial charge in [-0.05, 0) is 29.6 Å². The van der Waals surface area contributed by atoms with Crippen LogP contribution in [0.3, 0.4) is 0 Å². The molecule has 0 saturated heterocycles. The fraction of sp³-hybridized carbons (Fsp3) is 0.737. The van der Waals surface area contributed by atoms with E-state index in [1.165, 1.54) is 7.11 Å². The van der Waals surface area contributed by atoms with Crippen LogP contribution in [0, 0.1) is 11.8 Å². The van der Waals surface area contributed by atoms with E-state index in [9.17, 15) is 4.79 Å². The van der Waals surface area contributed by atoms with Crippen LogP contribution in [0.4, 0.5) is 0 Å².